The van der Waals surface area contributed by atoms with E-state index in [1.807, 2.05) is 31.3 Å². The normalized spacial score (nSPS) is 12.2. The first-order valence-electron chi connectivity index (χ1n) is 6.39. The van der Waals surface area contributed by atoms with Crippen LogP contribution in [0.25, 0.3) is 0 Å². The lowest BCUT2D eigenvalue weighted by molar-refractivity contribution is 0.414. The van der Waals surface area contributed by atoms with Gasteiger partial charge in [-0.05, 0) is 77.5 Å². The van der Waals surface area contributed by atoms with E-state index < -0.39 is 0 Å². The Morgan fingerprint density at radius 1 is 1.20 bits per heavy atom. The Balaban J connectivity index is 2.21. The Labute approximate surface area is 138 Å². The second kappa shape index (κ2) is 7.29. The fourth-order valence-electron chi connectivity index (χ4n) is 2.15. The van der Waals surface area contributed by atoms with Crippen LogP contribution in [0.4, 0.5) is 0 Å². The molecule has 0 aliphatic heterocycles. The van der Waals surface area contributed by atoms with Gasteiger partial charge in [0.2, 0.25) is 0 Å². The molecule has 0 radical (unpaired) electrons. The third kappa shape index (κ3) is 3.87. The maximum absolute atomic E-state index is 6.11. The zero-order chi connectivity index (χ0) is 14.5. The molecule has 20 heavy (non-hydrogen) atoms. The van der Waals surface area contributed by atoms with Crippen molar-refractivity contribution in [3.63, 3.8) is 0 Å². The summed E-state index contributed by atoms with van der Waals surface area (Å²) < 4.78 is 6.41. The summed E-state index contributed by atoms with van der Waals surface area (Å²) in [6.07, 6.45) is 0.914. The van der Waals surface area contributed by atoms with E-state index in [2.05, 4.69) is 46.1 Å². The van der Waals surface area contributed by atoms with Crippen LogP contribution in [0.1, 0.15) is 17.2 Å². The second-order valence-corrected chi connectivity index (χ2v) is 6.16. The molecule has 0 amide bonds. The van der Waals surface area contributed by atoms with Gasteiger partial charge >= 0.3 is 0 Å². The third-order valence-electron chi connectivity index (χ3n) is 3.28. The first-order valence-corrected chi connectivity index (χ1v) is 7.85. The van der Waals surface area contributed by atoms with Crippen LogP contribution < -0.4 is 10.1 Å². The molecule has 2 aromatic carbocycles. The summed E-state index contributed by atoms with van der Waals surface area (Å²) in [7, 11) is 3.66. The predicted octanol–water partition coefficient (Wildman–Crippen LogP) is 4.46. The van der Waals surface area contributed by atoms with Crippen LogP contribution in [0.3, 0.4) is 0 Å². The Morgan fingerprint density at radius 2 is 1.90 bits per heavy atom. The molecule has 2 aromatic rings. The van der Waals surface area contributed by atoms with Gasteiger partial charge in [-0.3, -0.25) is 0 Å². The van der Waals surface area contributed by atoms with Crippen LogP contribution in [-0.2, 0) is 6.42 Å². The Kier molecular flexibility index (Phi) is 5.69. The van der Waals surface area contributed by atoms with Crippen molar-refractivity contribution in [1.82, 2.24) is 5.32 Å². The molecule has 4 heteroatoms. The van der Waals surface area contributed by atoms with E-state index >= 15 is 0 Å². The largest absolute Gasteiger partial charge is 0.497 e. The van der Waals surface area contributed by atoms with E-state index in [1.165, 1.54) is 14.7 Å². The summed E-state index contributed by atoms with van der Waals surface area (Å²) in [5, 5.41) is 4.14. The van der Waals surface area contributed by atoms with Crippen molar-refractivity contribution in [2.24, 2.45) is 0 Å². The lowest BCUT2D eigenvalue weighted by Gasteiger charge is -2.19. The second-order valence-electron chi connectivity index (χ2n) is 4.56. The Bertz CT molecular complexity index is 571. The number of rotatable bonds is 5. The van der Waals surface area contributed by atoms with Crippen LogP contribution >= 0.6 is 34.2 Å². The number of hydrogen-bond acceptors (Lipinski definition) is 2. The summed E-state index contributed by atoms with van der Waals surface area (Å²) in [6.45, 7) is 0. The third-order valence-corrected chi connectivity index (χ3v) is 4.50. The molecule has 0 spiro atoms. The number of benzene rings is 2. The molecular formula is C16H17ClINO. The van der Waals surface area contributed by atoms with Crippen molar-refractivity contribution in [1.29, 1.82) is 0 Å². The van der Waals surface area contributed by atoms with Gasteiger partial charge in [0.25, 0.3) is 0 Å². The van der Waals surface area contributed by atoms with E-state index in [-0.39, 0.29) is 6.04 Å². The number of likely N-dealkylation sites (N-methyl/N-ethyl adjacent to an activating group) is 1. The minimum atomic E-state index is 0.244. The molecule has 0 aromatic heterocycles. The molecule has 106 valence electrons. The quantitative estimate of drug-likeness (QED) is 0.747. The van der Waals surface area contributed by atoms with Gasteiger partial charge < -0.3 is 10.1 Å². The van der Waals surface area contributed by atoms with Gasteiger partial charge in [0.15, 0.2) is 0 Å². The molecule has 1 unspecified atom stereocenters. The van der Waals surface area contributed by atoms with Crippen molar-refractivity contribution < 1.29 is 4.74 Å². The molecule has 2 nitrogen and oxygen atoms in total. The Hall–Kier alpha value is -0.780. The highest BCUT2D eigenvalue weighted by atomic mass is 127. The topological polar surface area (TPSA) is 21.3 Å². The first kappa shape index (κ1) is 15.6. The van der Waals surface area contributed by atoms with Gasteiger partial charge in [0.05, 0.1) is 7.11 Å². The van der Waals surface area contributed by atoms with E-state index in [0.29, 0.717) is 0 Å². The molecular weight excluding hydrogens is 385 g/mol. The van der Waals surface area contributed by atoms with Crippen LogP contribution in [0, 0.1) is 3.57 Å². The molecule has 0 aliphatic rings. The summed E-state index contributed by atoms with van der Waals surface area (Å²) in [6, 6.07) is 14.4. The molecule has 0 fully saturated rings. The average molecular weight is 402 g/mol. The highest BCUT2D eigenvalue weighted by Gasteiger charge is 2.14. The molecule has 0 saturated carbocycles. The van der Waals surface area contributed by atoms with Crippen LogP contribution in [0.5, 0.6) is 5.75 Å². The smallest absolute Gasteiger partial charge is 0.118 e. The number of halogens is 2. The van der Waals surface area contributed by atoms with Crippen LogP contribution in [-0.4, -0.2) is 14.2 Å². The minimum Gasteiger partial charge on any atom is -0.497 e. The first-order chi connectivity index (χ1) is 9.63. The molecule has 0 heterocycles. The highest BCUT2D eigenvalue weighted by molar-refractivity contribution is 14.1. The maximum atomic E-state index is 6.11. The lowest BCUT2D eigenvalue weighted by atomic mass is 9.99. The van der Waals surface area contributed by atoms with Crippen molar-refractivity contribution in [3.05, 3.63) is 62.2 Å². The average Bonchev–Trinajstić information content (AvgIpc) is 2.48. The molecule has 0 aliphatic carbocycles. The van der Waals surface area contributed by atoms with E-state index in [1.54, 1.807) is 7.11 Å². The highest BCUT2D eigenvalue weighted by Crippen LogP contribution is 2.26. The van der Waals surface area contributed by atoms with Crippen molar-refractivity contribution in [2.75, 3.05) is 14.2 Å². The molecule has 1 N–H and O–H groups in total. The summed E-state index contributed by atoms with van der Waals surface area (Å²) in [4.78, 5) is 0. The monoisotopic (exact) mass is 401 g/mol. The van der Waals surface area contributed by atoms with E-state index in [9.17, 15) is 0 Å². The Morgan fingerprint density at radius 3 is 2.50 bits per heavy atom. The number of nitrogens with one attached hydrogen (secondary N) is 1. The predicted molar refractivity (Wildman–Crippen MR) is 92.7 cm³/mol. The SMILES string of the molecule is CNC(Cc1ccc(OC)cc1)c1cc(Cl)ccc1I. The van der Waals surface area contributed by atoms with Crippen molar-refractivity contribution in [2.45, 2.75) is 12.5 Å². The van der Waals surface area contributed by atoms with Crippen LogP contribution in [0.15, 0.2) is 42.5 Å². The van der Waals surface area contributed by atoms with Gasteiger partial charge in [-0.15, -0.1) is 0 Å². The zero-order valence-corrected chi connectivity index (χ0v) is 14.4. The fraction of sp³-hybridized carbons (Fsp3) is 0.250. The fourth-order valence-corrected chi connectivity index (χ4v) is 3.04. The summed E-state index contributed by atoms with van der Waals surface area (Å²) >= 11 is 8.46. The summed E-state index contributed by atoms with van der Waals surface area (Å²) in [5.74, 6) is 0.882. The lowest BCUT2D eigenvalue weighted by Crippen LogP contribution is -2.19. The summed E-state index contributed by atoms with van der Waals surface area (Å²) in [5.41, 5.74) is 2.50. The van der Waals surface area contributed by atoms with Crippen LogP contribution in [0.2, 0.25) is 5.02 Å². The number of methoxy groups -OCH3 is 1. The van der Waals surface area contributed by atoms with Crippen molar-refractivity contribution in [3.8, 4) is 5.75 Å². The van der Waals surface area contributed by atoms with Crippen molar-refractivity contribution >= 4 is 34.2 Å². The molecule has 0 bridgehead atoms. The van der Waals surface area contributed by atoms with E-state index in [0.717, 1.165) is 17.2 Å². The standard InChI is InChI=1S/C16H17ClINO/c1-19-16(14-10-12(17)5-8-15(14)18)9-11-3-6-13(20-2)7-4-11/h3-8,10,16,19H,9H2,1-2H3. The zero-order valence-electron chi connectivity index (χ0n) is 11.5. The number of hydrogen-bond donors (Lipinski definition) is 1. The molecule has 0 saturated heterocycles. The number of ether oxygens (including phenoxy) is 1. The van der Waals surface area contributed by atoms with Gasteiger partial charge in [-0.2, -0.15) is 0 Å². The van der Waals surface area contributed by atoms with Gasteiger partial charge in [-0.1, -0.05) is 23.7 Å². The van der Waals surface area contributed by atoms with E-state index in [4.69, 9.17) is 16.3 Å². The van der Waals surface area contributed by atoms with Gasteiger partial charge in [-0.25, -0.2) is 0 Å². The minimum absolute atomic E-state index is 0.244. The van der Waals surface area contributed by atoms with Gasteiger partial charge in [0, 0.05) is 14.6 Å². The maximum Gasteiger partial charge on any atom is 0.118 e. The van der Waals surface area contributed by atoms with Gasteiger partial charge in [0.1, 0.15) is 5.75 Å². The molecule has 2 rings (SSSR count). The molecule has 1 atom stereocenters.